The number of nitrogens with zero attached hydrogens (tertiary/aromatic N) is 2. The summed E-state index contributed by atoms with van der Waals surface area (Å²) in [7, 11) is 0. The van der Waals surface area contributed by atoms with Crippen LogP contribution in [-0.4, -0.2) is 21.0 Å². The van der Waals surface area contributed by atoms with Crippen LogP contribution in [0.25, 0.3) is 38.4 Å². The number of pyridine rings is 1. The number of hydrogen-bond donors (Lipinski definition) is 0. The maximum absolute atomic E-state index is 13.1. The second kappa shape index (κ2) is 5.91. The molecular weight excluding hydrogens is 368 g/mol. The van der Waals surface area contributed by atoms with Crippen LogP contribution in [0.15, 0.2) is 63.8 Å². The Morgan fingerprint density at radius 2 is 1.76 bits per heavy atom. The molecule has 0 spiro atoms. The zero-order valence-corrected chi connectivity index (χ0v) is 16.2. The molecule has 0 aliphatic rings. The highest BCUT2D eigenvalue weighted by Crippen LogP contribution is 2.30. The minimum atomic E-state index is -0.660. The van der Waals surface area contributed by atoms with Crippen molar-refractivity contribution in [3.05, 3.63) is 70.7 Å². The summed E-state index contributed by atoms with van der Waals surface area (Å²) in [5.74, 6) is -0.482. The standard InChI is InChI=1S/C23H18N2O4/c1-23(2,3)29-21(26)17-12-14-13-8-4-7-11-18(13)28-22(27)19(14)20-24-15-9-5-6-10-16(15)25(17)20/h4-12H,1-3H3. The summed E-state index contributed by atoms with van der Waals surface area (Å²) in [4.78, 5) is 30.6. The smallest absolute Gasteiger partial charge is 0.355 e. The third-order valence-electron chi connectivity index (χ3n) is 4.77. The number of rotatable bonds is 1. The number of carbonyl (C=O) groups excluding carboxylic acids is 1. The summed E-state index contributed by atoms with van der Waals surface area (Å²) in [5, 5.41) is 1.69. The Morgan fingerprint density at radius 1 is 1.03 bits per heavy atom. The normalized spacial score (nSPS) is 12.2. The lowest BCUT2D eigenvalue weighted by Gasteiger charge is -2.20. The van der Waals surface area contributed by atoms with Crippen LogP contribution in [0.4, 0.5) is 0 Å². The molecule has 0 radical (unpaired) electrons. The van der Waals surface area contributed by atoms with E-state index in [9.17, 15) is 9.59 Å². The lowest BCUT2D eigenvalue weighted by atomic mass is 10.1. The molecule has 0 unspecified atom stereocenters. The first-order chi connectivity index (χ1) is 13.8. The van der Waals surface area contributed by atoms with Crippen LogP contribution in [0, 0.1) is 0 Å². The van der Waals surface area contributed by atoms with Crippen molar-refractivity contribution in [3.63, 3.8) is 0 Å². The van der Waals surface area contributed by atoms with Crippen LogP contribution in [0.5, 0.6) is 0 Å². The van der Waals surface area contributed by atoms with Gasteiger partial charge in [0.15, 0.2) is 5.65 Å². The quantitative estimate of drug-likeness (QED) is 0.237. The minimum absolute atomic E-state index is 0.312. The van der Waals surface area contributed by atoms with E-state index in [1.165, 1.54) is 0 Å². The topological polar surface area (TPSA) is 73.8 Å². The highest BCUT2D eigenvalue weighted by molar-refractivity contribution is 6.12. The summed E-state index contributed by atoms with van der Waals surface area (Å²) in [5.41, 5.74) is 1.40. The predicted octanol–water partition coefficient (Wildman–Crippen LogP) is 4.70. The van der Waals surface area contributed by atoms with E-state index in [2.05, 4.69) is 4.98 Å². The molecule has 5 aromatic rings. The average Bonchev–Trinajstić information content (AvgIpc) is 3.05. The van der Waals surface area contributed by atoms with Crippen molar-refractivity contribution >= 4 is 44.4 Å². The average molecular weight is 386 g/mol. The molecule has 29 heavy (non-hydrogen) atoms. The number of para-hydroxylation sites is 3. The molecule has 144 valence electrons. The van der Waals surface area contributed by atoms with Crippen molar-refractivity contribution in [2.45, 2.75) is 26.4 Å². The molecule has 0 amide bonds. The van der Waals surface area contributed by atoms with Gasteiger partial charge < -0.3 is 9.15 Å². The maximum Gasteiger partial charge on any atom is 0.355 e. The Morgan fingerprint density at radius 3 is 2.55 bits per heavy atom. The van der Waals surface area contributed by atoms with Crippen LogP contribution in [0.2, 0.25) is 0 Å². The number of aromatic nitrogens is 2. The Kier molecular flexibility index (Phi) is 3.55. The lowest BCUT2D eigenvalue weighted by molar-refractivity contribution is 0.00618. The minimum Gasteiger partial charge on any atom is -0.455 e. The van der Waals surface area contributed by atoms with Crippen LogP contribution in [0.3, 0.4) is 0 Å². The molecule has 5 rings (SSSR count). The molecule has 3 aromatic heterocycles. The highest BCUT2D eigenvalue weighted by Gasteiger charge is 2.25. The summed E-state index contributed by atoms with van der Waals surface area (Å²) in [6.07, 6.45) is 0. The van der Waals surface area contributed by atoms with E-state index in [1.807, 2.05) is 57.2 Å². The summed E-state index contributed by atoms with van der Waals surface area (Å²) < 4.78 is 12.9. The number of hydrogen-bond acceptors (Lipinski definition) is 5. The number of benzene rings is 2. The number of fused-ring (bicyclic) bond motifs is 7. The second-order valence-electron chi connectivity index (χ2n) is 7.97. The third-order valence-corrected chi connectivity index (χ3v) is 4.77. The maximum atomic E-state index is 13.1. The Hall–Kier alpha value is -3.67. The molecule has 0 saturated heterocycles. The fourth-order valence-electron chi connectivity index (χ4n) is 3.65. The van der Waals surface area contributed by atoms with E-state index < -0.39 is 17.2 Å². The van der Waals surface area contributed by atoms with Crippen molar-refractivity contribution in [1.82, 2.24) is 9.38 Å². The highest BCUT2D eigenvalue weighted by atomic mass is 16.6. The number of esters is 1. The van der Waals surface area contributed by atoms with Crippen molar-refractivity contribution in [2.75, 3.05) is 0 Å². The Balaban J connectivity index is 2.02. The first-order valence-corrected chi connectivity index (χ1v) is 9.32. The zero-order chi connectivity index (χ0) is 20.3. The summed E-state index contributed by atoms with van der Waals surface area (Å²) in [6.45, 7) is 5.46. The molecular formula is C23H18N2O4. The van der Waals surface area contributed by atoms with Gasteiger partial charge in [-0.05, 0) is 45.0 Å². The van der Waals surface area contributed by atoms with E-state index in [0.29, 0.717) is 33.2 Å². The molecule has 6 nitrogen and oxygen atoms in total. The zero-order valence-electron chi connectivity index (χ0n) is 16.2. The van der Waals surface area contributed by atoms with Gasteiger partial charge in [-0.1, -0.05) is 30.3 Å². The molecule has 3 heterocycles. The van der Waals surface area contributed by atoms with Crippen molar-refractivity contribution in [3.8, 4) is 0 Å². The van der Waals surface area contributed by atoms with E-state index in [4.69, 9.17) is 9.15 Å². The molecule has 0 aliphatic carbocycles. The predicted molar refractivity (Wildman–Crippen MR) is 111 cm³/mol. The number of ether oxygens (including phenoxy) is 1. The van der Waals surface area contributed by atoms with E-state index >= 15 is 0 Å². The molecule has 6 heteroatoms. The number of imidazole rings is 1. The van der Waals surface area contributed by atoms with Gasteiger partial charge in [-0.15, -0.1) is 0 Å². The third kappa shape index (κ3) is 2.68. The van der Waals surface area contributed by atoms with Crippen LogP contribution in [-0.2, 0) is 4.74 Å². The lowest BCUT2D eigenvalue weighted by Crippen LogP contribution is -2.25. The second-order valence-corrected chi connectivity index (χ2v) is 7.97. The van der Waals surface area contributed by atoms with E-state index in [0.717, 1.165) is 10.9 Å². The molecule has 0 atom stereocenters. The van der Waals surface area contributed by atoms with Gasteiger partial charge in [0, 0.05) is 10.8 Å². The van der Waals surface area contributed by atoms with Gasteiger partial charge in [-0.25, -0.2) is 14.6 Å². The van der Waals surface area contributed by atoms with Crippen molar-refractivity contribution < 1.29 is 13.9 Å². The molecule has 2 aromatic carbocycles. The van der Waals surface area contributed by atoms with Gasteiger partial charge >= 0.3 is 11.6 Å². The molecule has 0 bridgehead atoms. The largest absolute Gasteiger partial charge is 0.455 e. The Labute approximate surface area is 165 Å². The van der Waals surface area contributed by atoms with Crippen LogP contribution >= 0.6 is 0 Å². The van der Waals surface area contributed by atoms with Gasteiger partial charge in [0.1, 0.15) is 22.3 Å². The van der Waals surface area contributed by atoms with Gasteiger partial charge in [-0.3, -0.25) is 4.40 Å². The Bertz CT molecular complexity index is 1500. The van der Waals surface area contributed by atoms with E-state index in [-0.39, 0.29) is 0 Å². The molecule has 0 N–H and O–H groups in total. The summed E-state index contributed by atoms with van der Waals surface area (Å²) in [6, 6.07) is 16.4. The number of carbonyl (C=O) groups is 1. The fraction of sp³-hybridized carbons (Fsp3) is 0.174. The SMILES string of the molecule is CC(C)(C)OC(=O)c1cc2c3ccccc3oc(=O)c2c2nc3ccccc3n12. The van der Waals surface area contributed by atoms with Crippen molar-refractivity contribution in [1.29, 1.82) is 0 Å². The van der Waals surface area contributed by atoms with Crippen molar-refractivity contribution in [2.24, 2.45) is 0 Å². The molecule has 0 saturated carbocycles. The molecule has 0 fully saturated rings. The van der Waals surface area contributed by atoms with Gasteiger partial charge in [0.05, 0.1) is 11.0 Å². The summed E-state index contributed by atoms with van der Waals surface area (Å²) >= 11 is 0. The first-order valence-electron chi connectivity index (χ1n) is 9.32. The van der Waals surface area contributed by atoms with Gasteiger partial charge in [0.25, 0.3) is 0 Å². The van der Waals surface area contributed by atoms with Crippen LogP contribution in [0.1, 0.15) is 31.3 Å². The van der Waals surface area contributed by atoms with Crippen LogP contribution < -0.4 is 5.63 Å². The van der Waals surface area contributed by atoms with Gasteiger partial charge in [0.2, 0.25) is 0 Å². The first kappa shape index (κ1) is 17.4. The molecule has 0 aliphatic heterocycles. The fourth-order valence-corrected chi connectivity index (χ4v) is 3.65. The van der Waals surface area contributed by atoms with E-state index in [1.54, 1.807) is 22.6 Å². The monoisotopic (exact) mass is 386 g/mol. The van der Waals surface area contributed by atoms with Gasteiger partial charge in [-0.2, -0.15) is 0 Å².